The fourth-order valence-corrected chi connectivity index (χ4v) is 6.61. The number of carbonyl (C=O) groups excluding carboxylic acids is 1. The minimum absolute atomic E-state index is 0.0307. The third kappa shape index (κ3) is 5.70. The van der Waals surface area contributed by atoms with E-state index in [2.05, 4.69) is 37.5 Å². The number of nitrogens with zero attached hydrogens (tertiary/aromatic N) is 4. The van der Waals surface area contributed by atoms with Gasteiger partial charge in [-0.25, -0.2) is 18.7 Å². The van der Waals surface area contributed by atoms with Gasteiger partial charge < -0.3 is 9.64 Å². The van der Waals surface area contributed by atoms with Crippen molar-refractivity contribution in [3.8, 4) is 11.7 Å². The summed E-state index contributed by atoms with van der Waals surface area (Å²) in [6.45, 7) is 8.52. The van der Waals surface area contributed by atoms with Gasteiger partial charge in [0.1, 0.15) is 17.8 Å². The number of benzene rings is 1. The molecular weight excluding hydrogens is 569 g/mol. The Balaban J connectivity index is 1.47. The number of amides is 1. The molecule has 9 nitrogen and oxygen atoms in total. The van der Waals surface area contributed by atoms with Crippen molar-refractivity contribution in [3.05, 3.63) is 60.3 Å². The van der Waals surface area contributed by atoms with Crippen LogP contribution >= 0.6 is 0 Å². The van der Waals surface area contributed by atoms with Crippen LogP contribution < -0.4 is 14.4 Å². The van der Waals surface area contributed by atoms with E-state index in [1.807, 2.05) is 4.90 Å². The number of alkyl halides is 3. The molecule has 0 radical (unpaired) electrons. The van der Waals surface area contributed by atoms with Crippen molar-refractivity contribution in [2.24, 2.45) is 10.8 Å². The SMILES string of the molecule is CC[C@]1(C)CN(c2nc(-n3ccc(OCC4(C(F)(F)F)CC4)n3)ccc2C(=O)NS(=N)(=O)c2ccccc2)C(C)(C)C1. The molecule has 0 bridgehead atoms. The minimum Gasteiger partial charge on any atom is -0.476 e. The minimum atomic E-state index is -4.33. The second kappa shape index (κ2) is 10.3. The zero-order valence-electron chi connectivity index (χ0n) is 24.0. The van der Waals surface area contributed by atoms with E-state index >= 15 is 0 Å². The monoisotopic (exact) mass is 604 g/mol. The number of hydrogen-bond acceptors (Lipinski definition) is 7. The Morgan fingerprint density at radius 2 is 1.81 bits per heavy atom. The third-order valence-electron chi connectivity index (χ3n) is 8.41. The molecular formula is C29H35F3N6O3S. The molecule has 42 heavy (non-hydrogen) atoms. The number of anilines is 1. The Hall–Kier alpha value is -3.61. The number of carbonyl (C=O) groups is 1. The van der Waals surface area contributed by atoms with Gasteiger partial charge in [0, 0.05) is 24.3 Å². The van der Waals surface area contributed by atoms with Gasteiger partial charge in [0.25, 0.3) is 5.91 Å². The van der Waals surface area contributed by atoms with E-state index in [-0.39, 0.29) is 40.1 Å². The zero-order valence-corrected chi connectivity index (χ0v) is 24.8. The number of aromatic nitrogens is 3. The lowest BCUT2D eigenvalue weighted by Crippen LogP contribution is -2.41. The van der Waals surface area contributed by atoms with E-state index in [1.54, 1.807) is 24.3 Å². The van der Waals surface area contributed by atoms with Crippen LogP contribution in [0.15, 0.2) is 59.6 Å². The van der Waals surface area contributed by atoms with Gasteiger partial charge in [-0.3, -0.25) is 9.52 Å². The Morgan fingerprint density at radius 3 is 2.40 bits per heavy atom. The summed E-state index contributed by atoms with van der Waals surface area (Å²) in [5.41, 5.74) is -2.11. The van der Waals surface area contributed by atoms with E-state index < -0.39 is 34.0 Å². The van der Waals surface area contributed by atoms with Crippen LogP contribution in [0.1, 0.15) is 63.7 Å². The standard InChI is InChI=1S/C29H35F3N6O3S/c1-5-27(4)17-26(2,3)37(18-27)24-21(25(39)36-42(33,40)20-9-7-6-8-10-20)11-12-22(34-24)38-16-13-23(35-38)41-19-28(14-15-28)29(30,31)32/h6-13,16H,5,14-15,17-19H2,1-4H3,(H2,33,36,39,40)/t27-,42?/m0/s1. The van der Waals surface area contributed by atoms with Crippen LogP contribution in [0, 0.1) is 15.6 Å². The second-order valence-electron chi connectivity index (χ2n) is 12.2. The molecule has 3 aromatic rings. The van der Waals surface area contributed by atoms with Gasteiger partial charge in [-0.1, -0.05) is 32.0 Å². The van der Waals surface area contributed by atoms with Crippen LogP contribution in [0.5, 0.6) is 5.88 Å². The Labute approximate surface area is 243 Å². The predicted molar refractivity (Wildman–Crippen MR) is 152 cm³/mol. The van der Waals surface area contributed by atoms with Gasteiger partial charge in [0.05, 0.1) is 10.5 Å². The van der Waals surface area contributed by atoms with Crippen molar-refractivity contribution in [2.45, 2.75) is 70.0 Å². The molecule has 1 aromatic carbocycles. The van der Waals surface area contributed by atoms with Gasteiger partial charge in [-0.2, -0.15) is 13.2 Å². The van der Waals surface area contributed by atoms with Crippen LogP contribution in [-0.4, -0.2) is 49.7 Å². The summed E-state index contributed by atoms with van der Waals surface area (Å²) in [6.07, 6.45) is -0.996. The highest BCUT2D eigenvalue weighted by atomic mass is 32.2. The average Bonchev–Trinajstić information content (AvgIpc) is 3.52. The summed E-state index contributed by atoms with van der Waals surface area (Å²) in [6, 6.07) is 12.6. The molecule has 2 aromatic heterocycles. The number of ether oxygens (including phenoxy) is 1. The maximum Gasteiger partial charge on any atom is 0.397 e. The fourth-order valence-electron chi connectivity index (χ4n) is 5.58. The molecule has 2 fully saturated rings. The molecule has 2 N–H and O–H groups in total. The predicted octanol–water partition coefficient (Wildman–Crippen LogP) is 6.14. The van der Waals surface area contributed by atoms with Gasteiger partial charge in [0.15, 0.2) is 15.7 Å². The molecule has 1 amide bonds. The average molecular weight is 605 g/mol. The van der Waals surface area contributed by atoms with Crippen molar-refractivity contribution in [1.82, 2.24) is 19.5 Å². The smallest absolute Gasteiger partial charge is 0.397 e. The van der Waals surface area contributed by atoms with E-state index in [9.17, 15) is 22.2 Å². The van der Waals surface area contributed by atoms with E-state index in [0.717, 1.165) is 12.8 Å². The highest BCUT2D eigenvalue weighted by Crippen LogP contribution is 2.57. The van der Waals surface area contributed by atoms with E-state index in [0.29, 0.717) is 18.2 Å². The first-order valence-electron chi connectivity index (χ1n) is 13.8. The first kappa shape index (κ1) is 29.9. The lowest BCUT2D eigenvalue weighted by Gasteiger charge is -2.34. The summed E-state index contributed by atoms with van der Waals surface area (Å²) in [7, 11) is -3.65. The molecule has 3 heterocycles. The van der Waals surface area contributed by atoms with Crippen LogP contribution in [0.4, 0.5) is 19.0 Å². The molecule has 1 aliphatic carbocycles. The Morgan fingerprint density at radius 1 is 1.12 bits per heavy atom. The quantitative estimate of drug-likeness (QED) is 0.303. The van der Waals surface area contributed by atoms with Gasteiger partial charge in [0.2, 0.25) is 5.88 Å². The van der Waals surface area contributed by atoms with Crippen molar-refractivity contribution >= 4 is 21.6 Å². The summed E-state index contributed by atoms with van der Waals surface area (Å²) in [5, 5.41) is 4.29. The maximum absolute atomic E-state index is 13.6. The number of nitrogens with one attached hydrogen (secondary N) is 2. The molecule has 1 saturated carbocycles. The van der Waals surface area contributed by atoms with Crippen LogP contribution in [0.2, 0.25) is 0 Å². The summed E-state index contributed by atoms with van der Waals surface area (Å²) >= 11 is 0. The van der Waals surface area contributed by atoms with E-state index in [1.165, 1.54) is 35.1 Å². The van der Waals surface area contributed by atoms with Gasteiger partial charge in [-0.15, -0.1) is 5.10 Å². The lowest BCUT2D eigenvalue weighted by molar-refractivity contribution is -0.194. The Kier molecular flexibility index (Phi) is 7.31. The Bertz CT molecular complexity index is 1590. The third-order valence-corrected chi connectivity index (χ3v) is 9.82. The molecule has 1 unspecified atom stereocenters. The first-order valence-corrected chi connectivity index (χ1v) is 15.3. The molecule has 1 aliphatic heterocycles. The van der Waals surface area contributed by atoms with Crippen molar-refractivity contribution in [2.75, 3.05) is 18.1 Å². The maximum atomic E-state index is 13.6. The topological polar surface area (TPSA) is 113 Å². The summed E-state index contributed by atoms with van der Waals surface area (Å²) in [5.74, 6) is -0.0148. The zero-order chi connectivity index (χ0) is 30.6. The van der Waals surface area contributed by atoms with Gasteiger partial charge in [-0.05, 0) is 69.2 Å². The normalized spacial score (nSPS) is 22.4. The number of hydrogen-bond donors (Lipinski definition) is 2. The largest absolute Gasteiger partial charge is 0.476 e. The number of rotatable bonds is 9. The summed E-state index contributed by atoms with van der Waals surface area (Å²) < 4.78 is 70.7. The number of halogens is 3. The van der Waals surface area contributed by atoms with Crippen LogP contribution in [0.25, 0.3) is 5.82 Å². The lowest BCUT2D eigenvalue weighted by atomic mass is 9.82. The molecule has 2 atom stereocenters. The molecule has 13 heteroatoms. The number of pyridine rings is 1. The molecule has 0 spiro atoms. The summed E-state index contributed by atoms with van der Waals surface area (Å²) in [4.78, 5) is 20.6. The first-order chi connectivity index (χ1) is 19.6. The second-order valence-corrected chi connectivity index (χ2v) is 14.0. The molecule has 5 rings (SSSR count). The highest BCUT2D eigenvalue weighted by Gasteiger charge is 2.64. The molecule has 1 saturated heterocycles. The van der Waals surface area contributed by atoms with Crippen molar-refractivity contribution < 1.29 is 26.9 Å². The van der Waals surface area contributed by atoms with Crippen molar-refractivity contribution in [1.29, 1.82) is 4.78 Å². The van der Waals surface area contributed by atoms with Crippen molar-refractivity contribution in [3.63, 3.8) is 0 Å². The van der Waals surface area contributed by atoms with Crippen LogP contribution in [0.3, 0.4) is 0 Å². The molecule has 2 aliphatic rings. The van der Waals surface area contributed by atoms with Crippen LogP contribution in [-0.2, 0) is 9.92 Å². The molecule has 226 valence electrons. The van der Waals surface area contributed by atoms with Gasteiger partial charge >= 0.3 is 6.18 Å². The fraction of sp³-hybridized carbons (Fsp3) is 0.483. The van der Waals surface area contributed by atoms with E-state index in [4.69, 9.17) is 14.5 Å². The highest BCUT2D eigenvalue weighted by molar-refractivity contribution is 7.91.